The lowest BCUT2D eigenvalue weighted by atomic mass is 9.98. The third kappa shape index (κ3) is 3.31. The molecule has 2 aromatic rings. The Labute approximate surface area is 122 Å². The zero-order chi connectivity index (χ0) is 15.6. The number of nitrogen functional groups attached to an aromatic ring is 1. The summed E-state index contributed by atoms with van der Waals surface area (Å²) in [5.41, 5.74) is 6.17. The molecule has 7 heteroatoms. The first-order valence-corrected chi connectivity index (χ1v) is 6.09. The second kappa shape index (κ2) is 5.82. The summed E-state index contributed by atoms with van der Waals surface area (Å²) in [5, 5.41) is 9.14. The van der Waals surface area contributed by atoms with E-state index in [-0.39, 0.29) is 22.7 Å². The highest BCUT2D eigenvalue weighted by Gasteiger charge is 2.19. The maximum atomic E-state index is 13.3. The van der Waals surface area contributed by atoms with Crippen molar-refractivity contribution in [1.29, 1.82) is 0 Å². The minimum Gasteiger partial charge on any atom is -0.482 e. The number of anilines is 1. The van der Waals surface area contributed by atoms with E-state index in [9.17, 15) is 9.18 Å². The van der Waals surface area contributed by atoms with Crippen molar-refractivity contribution >= 4 is 25.1 Å². The fraction of sp³-hybridized carbons (Fsp3) is 0.143. The average molecular weight is 286 g/mol. The van der Waals surface area contributed by atoms with Crippen molar-refractivity contribution in [3.05, 3.63) is 47.4 Å². The molecule has 2 rings (SSSR count). The number of pyridine rings is 1. The molecule has 0 unspecified atom stereocenters. The molecule has 1 heterocycles. The number of hydrogen-bond acceptors (Lipinski definition) is 4. The third-order valence-electron chi connectivity index (χ3n) is 2.89. The topological polar surface area (TPSA) is 85.4 Å². The van der Waals surface area contributed by atoms with Crippen molar-refractivity contribution in [1.82, 2.24) is 4.98 Å². The molecular formula is C14H12BFN2O3. The number of aromatic carboxylic acids is 1. The maximum absolute atomic E-state index is 13.3. The van der Waals surface area contributed by atoms with Crippen molar-refractivity contribution < 1.29 is 19.0 Å². The summed E-state index contributed by atoms with van der Waals surface area (Å²) >= 11 is 0. The molecule has 0 aliphatic carbocycles. The summed E-state index contributed by atoms with van der Waals surface area (Å²) < 4.78 is 18.9. The van der Waals surface area contributed by atoms with Crippen LogP contribution in [0.5, 0.6) is 5.75 Å². The zero-order valence-electron chi connectivity index (χ0n) is 11.2. The van der Waals surface area contributed by atoms with Crippen LogP contribution in [0.15, 0.2) is 30.5 Å². The van der Waals surface area contributed by atoms with Crippen molar-refractivity contribution in [2.75, 3.05) is 5.73 Å². The van der Waals surface area contributed by atoms with Gasteiger partial charge in [-0.15, -0.1) is 0 Å². The van der Waals surface area contributed by atoms with E-state index < -0.39 is 17.9 Å². The normalized spacial score (nSPS) is 11.9. The molecule has 2 radical (unpaired) electrons. The fourth-order valence-electron chi connectivity index (χ4n) is 1.88. The van der Waals surface area contributed by atoms with Gasteiger partial charge in [-0.2, -0.15) is 0 Å². The van der Waals surface area contributed by atoms with Crippen LogP contribution in [0.4, 0.5) is 10.2 Å². The number of carboxylic acids is 1. The smallest absolute Gasteiger partial charge is 0.336 e. The standard InChI is InChI=1S/C14H12BFN2O3/c1-7(21-12-4-8(15)6-18-13(12)17)11-5-9(16)2-3-10(11)14(19)20/h2-7H,1H3,(H2,17,18)(H,19,20)/t7-/m1/s1. The molecule has 1 aromatic carbocycles. The van der Waals surface area contributed by atoms with Gasteiger partial charge in [0.2, 0.25) is 0 Å². The highest BCUT2D eigenvalue weighted by atomic mass is 19.1. The van der Waals surface area contributed by atoms with Gasteiger partial charge in [-0.3, -0.25) is 0 Å². The van der Waals surface area contributed by atoms with Crippen molar-refractivity contribution in [2.45, 2.75) is 13.0 Å². The van der Waals surface area contributed by atoms with E-state index in [1.54, 1.807) is 6.92 Å². The Morgan fingerprint density at radius 1 is 1.48 bits per heavy atom. The van der Waals surface area contributed by atoms with Gasteiger partial charge in [0.05, 0.1) is 5.56 Å². The first-order valence-electron chi connectivity index (χ1n) is 6.09. The van der Waals surface area contributed by atoms with E-state index >= 15 is 0 Å². The van der Waals surface area contributed by atoms with Gasteiger partial charge in [0.15, 0.2) is 11.6 Å². The number of hydrogen-bond donors (Lipinski definition) is 2. The number of carbonyl (C=O) groups is 1. The average Bonchev–Trinajstić information content (AvgIpc) is 2.42. The Bertz CT molecular complexity index is 694. The first kappa shape index (κ1) is 14.8. The van der Waals surface area contributed by atoms with E-state index in [0.29, 0.717) is 5.46 Å². The van der Waals surface area contributed by atoms with Crippen molar-refractivity contribution in [3.8, 4) is 5.75 Å². The Hall–Kier alpha value is -2.57. The quantitative estimate of drug-likeness (QED) is 0.830. The summed E-state index contributed by atoms with van der Waals surface area (Å²) in [6.07, 6.45) is 0.635. The van der Waals surface area contributed by atoms with Gasteiger partial charge < -0.3 is 15.6 Å². The lowest BCUT2D eigenvalue weighted by Gasteiger charge is -2.18. The van der Waals surface area contributed by atoms with Crippen molar-refractivity contribution in [2.24, 2.45) is 0 Å². The fourth-order valence-corrected chi connectivity index (χ4v) is 1.88. The molecule has 0 saturated carbocycles. The lowest BCUT2D eigenvalue weighted by Crippen LogP contribution is -2.13. The van der Waals surface area contributed by atoms with Crippen LogP contribution in [0.2, 0.25) is 0 Å². The van der Waals surface area contributed by atoms with Crippen LogP contribution in [0.1, 0.15) is 28.9 Å². The number of nitrogens with two attached hydrogens (primary N) is 1. The third-order valence-corrected chi connectivity index (χ3v) is 2.89. The lowest BCUT2D eigenvalue weighted by molar-refractivity contribution is 0.0691. The van der Waals surface area contributed by atoms with E-state index in [2.05, 4.69) is 4.98 Å². The molecular weight excluding hydrogens is 274 g/mol. The number of nitrogens with zero attached hydrogens (tertiary/aromatic N) is 1. The van der Waals surface area contributed by atoms with Crippen LogP contribution < -0.4 is 15.9 Å². The van der Waals surface area contributed by atoms with E-state index in [1.165, 1.54) is 18.3 Å². The number of carboxylic acid groups (broad SMARTS) is 1. The molecule has 0 fully saturated rings. The number of halogens is 1. The van der Waals surface area contributed by atoms with Crippen LogP contribution in [0.3, 0.4) is 0 Å². The highest BCUT2D eigenvalue weighted by Crippen LogP contribution is 2.27. The summed E-state index contributed by atoms with van der Waals surface area (Å²) in [7, 11) is 5.59. The SMILES string of the molecule is [B]c1cnc(N)c(O[C@H](C)c2cc(F)ccc2C(=O)O)c1. The number of benzene rings is 1. The van der Waals surface area contributed by atoms with Gasteiger partial charge in [-0.25, -0.2) is 14.2 Å². The molecule has 3 N–H and O–H groups in total. The van der Waals surface area contributed by atoms with Crippen LogP contribution in [0.25, 0.3) is 0 Å². The monoisotopic (exact) mass is 286 g/mol. The zero-order valence-corrected chi connectivity index (χ0v) is 11.2. The first-order chi connectivity index (χ1) is 9.88. The molecule has 0 aliphatic heterocycles. The van der Waals surface area contributed by atoms with E-state index in [1.807, 2.05) is 0 Å². The second-order valence-corrected chi connectivity index (χ2v) is 4.45. The number of aromatic nitrogens is 1. The van der Waals surface area contributed by atoms with E-state index in [4.69, 9.17) is 23.4 Å². The Kier molecular flexibility index (Phi) is 4.11. The maximum Gasteiger partial charge on any atom is 0.336 e. The second-order valence-electron chi connectivity index (χ2n) is 4.45. The molecule has 106 valence electrons. The molecule has 0 spiro atoms. The van der Waals surface area contributed by atoms with Gasteiger partial charge in [0.25, 0.3) is 0 Å². The Balaban J connectivity index is 2.36. The highest BCUT2D eigenvalue weighted by molar-refractivity contribution is 6.32. The molecule has 0 saturated heterocycles. The van der Waals surface area contributed by atoms with Crippen molar-refractivity contribution in [3.63, 3.8) is 0 Å². The predicted octanol–water partition coefficient (Wildman–Crippen LogP) is 1.43. The van der Waals surface area contributed by atoms with Crippen LogP contribution in [-0.4, -0.2) is 23.9 Å². The summed E-state index contributed by atoms with van der Waals surface area (Å²) in [6, 6.07) is 4.85. The van der Waals surface area contributed by atoms with Gasteiger partial charge in [-0.1, -0.05) is 5.46 Å². The molecule has 1 atom stereocenters. The number of rotatable bonds is 4. The molecule has 0 amide bonds. The molecule has 0 bridgehead atoms. The minimum atomic E-state index is -1.17. The van der Waals surface area contributed by atoms with E-state index in [0.717, 1.165) is 12.1 Å². The largest absolute Gasteiger partial charge is 0.482 e. The van der Waals surface area contributed by atoms with Gasteiger partial charge in [0, 0.05) is 11.8 Å². The summed E-state index contributed by atoms with van der Waals surface area (Å²) in [5.74, 6) is -1.39. The van der Waals surface area contributed by atoms with Gasteiger partial charge >= 0.3 is 5.97 Å². The molecule has 21 heavy (non-hydrogen) atoms. The Morgan fingerprint density at radius 2 is 2.19 bits per heavy atom. The molecule has 5 nitrogen and oxygen atoms in total. The summed E-state index contributed by atoms with van der Waals surface area (Å²) in [6.45, 7) is 1.59. The summed E-state index contributed by atoms with van der Waals surface area (Å²) in [4.78, 5) is 15.0. The number of ether oxygens (including phenoxy) is 1. The molecule has 0 aliphatic rings. The van der Waals surface area contributed by atoms with Crippen LogP contribution >= 0.6 is 0 Å². The van der Waals surface area contributed by atoms with Crippen LogP contribution in [0, 0.1) is 5.82 Å². The predicted molar refractivity (Wildman–Crippen MR) is 76.4 cm³/mol. The van der Waals surface area contributed by atoms with Crippen LogP contribution in [-0.2, 0) is 0 Å². The molecule has 1 aromatic heterocycles. The Morgan fingerprint density at radius 3 is 2.86 bits per heavy atom. The minimum absolute atomic E-state index is 0.0423. The van der Waals surface area contributed by atoms with Gasteiger partial charge in [-0.05, 0) is 31.2 Å². The van der Waals surface area contributed by atoms with Gasteiger partial charge in [0.1, 0.15) is 19.8 Å².